The third kappa shape index (κ3) is 4.13. The summed E-state index contributed by atoms with van der Waals surface area (Å²) >= 11 is 0. The van der Waals surface area contributed by atoms with E-state index in [0.717, 1.165) is 22.0 Å². The van der Waals surface area contributed by atoms with Crippen molar-refractivity contribution in [2.45, 2.75) is 17.5 Å². The zero-order valence-corrected chi connectivity index (χ0v) is 18.3. The average molecular weight is 455 g/mol. The Kier molecular flexibility index (Phi) is 6.06. The number of sulfonamides is 2. The topological polar surface area (TPSA) is 110 Å². The minimum atomic E-state index is -4.17. The number of carbonyl (C=O) groups excluding carboxylic acids is 1. The van der Waals surface area contributed by atoms with Crippen molar-refractivity contribution in [1.82, 2.24) is 4.31 Å². The molecule has 9 nitrogen and oxygen atoms in total. The molecule has 162 valence electrons. The van der Waals surface area contributed by atoms with Gasteiger partial charge in [0.2, 0.25) is 20.0 Å². The van der Waals surface area contributed by atoms with Crippen molar-refractivity contribution in [3.05, 3.63) is 54.1 Å². The number of nitrogens with zero attached hydrogens (tertiary/aromatic N) is 2. The molecule has 1 atom stereocenters. The molecule has 0 aromatic heterocycles. The molecule has 1 unspecified atom stereocenters. The van der Waals surface area contributed by atoms with Crippen LogP contribution in [-0.2, 0) is 36.1 Å². The maximum Gasteiger partial charge on any atom is 0.326 e. The van der Waals surface area contributed by atoms with E-state index in [1.165, 1.54) is 31.4 Å². The van der Waals surface area contributed by atoms with Crippen LogP contribution in [0.5, 0.6) is 5.75 Å². The molecule has 3 rings (SSSR count). The first-order valence-electron chi connectivity index (χ1n) is 8.89. The maximum atomic E-state index is 13.4. The molecule has 0 spiro atoms. The molecule has 1 aliphatic rings. The molecule has 0 N–H and O–H groups in total. The van der Waals surface area contributed by atoms with Crippen LogP contribution in [0.2, 0.25) is 0 Å². The second-order valence-corrected chi connectivity index (χ2v) is 10.5. The second-order valence-electron chi connectivity index (χ2n) is 6.69. The fraction of sp³-hybridized carbons (Fsp3) is 0.316. The van der Waals surface area contributed by atoms with Crippen molar-refractivity contribution in [3.63, 3.8) is 0 Å². The molecular weight excluding hydrogens is 432 g/mol. The van der Waals surface area contributed by atoms with Crippen LogP contribution in [-0.4, -0.2) is 60.2 Å². The van der Waals surface area contributed by atoms with Crippen LogP contribution < -0.4 is 9.04 Å². The standard InChI is InChI=1S/C19H22N2O7S2/c1-27-15-8-10-16(11-9-15)30(25,26)21-12-14-6-4-5-7-17(14)20(29(3,23)24)13-18(21)19(22)28-2/h4-11,18H,12-13H2,1-3H3. The van der Waals surface area contributed by atoms with Crippen LogP contribution in [0.4, 0.5) is 5.69 Å². The monoisotopic (exact) mass is 454 g/mol. The summed E-state index contributed by atoms with van der Waals surface area (Å²) in [7, 11) is -5.37. The highest BCUT2D eigenvalue weighted by molar-refractivity contribution is 7.92. The Labute approximate surface area is 175 Å². The second kappa shape index (κ2) is 8.25. The molecule has 2 aromatic rings. The van der Waals surface area contributed by atoms with Gasteiger partial charge in [-0.25, -0.2) is 16.8 Å². The molecule has 0 radical (unpaired) electrons. The molecule has 0 bridgehead atoms. The third-order valence-electron chi connectivity index (χ3n) is 4.81. The summed E-state index contributed by atoms with van der Waals surface area (Å²) in [4.78, 5) is 12.5. The highest BCUT2D eigenvalue weighted by Gasteiger charge is 2.42. The Hall–Kier alpha value is -2.63. The smallest absolute Gasteiger partial charge is 0.326 e. The molecule has 30 heavy (non-hydrogen) atoms. The first-order valence-corrected chi connectivity index (χ1v) is 12.2. The summed E-state index contributed by atoms with van der Waals surface area (Å²) < 4.78 is 63.7. The number of para-hydroxylation sites is 1. The fourth-order valence-corrected chi connectivity index (χ4v) is 5.79. The van der Waals surface area contributed by atoms with E-state index < -0.39 is 38.6 Å². The highest BCUT2D eigenvalue weighted by Crippen LogP contribution is 2.33. The summed E-state index contributed by atoms with van der Waals surface area (Å²) in [5.41, 5.74) is 0.771. The van der Waals surface area contributed by atoms with Crippen molar-refractivity contribution in [2.75, 3.05) is 31.3 Å². The zero-order chi connectivity index (χ0) is 22.1. The molecule has 0 saturated heterocycles. The van der Waals surface area contributed by atoms with Crippen LogP contribution in [0.25, 0.3) is 0 Å². The van der Waals surface area contributed by atoms with Crippen LogP contribution in [0.15, 0.2) is 53.4 Å². The number of carbonyl (C=O) groups is 1. The number of methoxy groups -OCH3 is 2. The minimum Gasteiger partial charge on any atom is -0.497 e. The lowest BCUT2D eigenvalue weighted by atomic mass is 10.2. The normalized spacial score (nSPS) is 17.7. The van der Waals surface area contributed by atoms with E-state index in [4.69, 9.17) is 9.47 Å². The molecule has 0 aliphatic carbocycles. The van der Waals surface area contributed by atoms with Crippen molar-refractivity contribution in [2.24, 2.45) is 0 Å². The Morgan fingerprint density at radius 1 is 1.00 bits per heavy atom. The molecule has 11 heteroatoms. The van der Waals surface area contributed by atoms with E-state index in [9.17, 15) is 21.6 Å². The molecular formula is C19H22N2O7S2. The molecule has 0 amide bonds. The van der Waals surface area contributed by atoms with Gasteiger partial charge in [0, 0.05) is 6.54 Å². The van der Waals surface area contributed by atoms with Gasteiger partial charge in [0.1, 0.15) is 11.8 Å². The van der Waals surface area contributed by atoms with Gasteiger partial charge >= 0.3 is 5.97 Å². The predicted molar refractivity (Wildman–Crippen MR) is 110 cm³/mol. The average Bonchev–Trinajstić information content (AvgIpc) is 2.91. The Morgan fingerprint density at radius 3 is 2.20 bits per heavy atom. The van der Waals surface area contributed by atoms with Crippen molar-refractivity contribution in [1.29, 1.82) is 0 Å². The van der Waals surface area contributed by atoms with Gasteiger partial charge in [-0.3, -0.25) is 9.10 Å². The van der Waals surface area contributed by atoms with E-state index in [2.05, 4.69) is 0 Å². The Morgan fingerprint density at radius 2 is 1.63 bits per heavy atom. The molecule has 1 aliphatic heterocycles. The first kappa shape index (κ1) is 22.1. The van der Waals surface area contributed by atoms with Crippen LogP contribution in [0.1, 0.15) is 5.56 Å². The number of ether oxygens (including phenoxy) is 2. The van der Waals surface area contributed by atoms with Gasteiger partial charge in [0.15, 0.2) is 0 Å². The van der Waals surface area contributed by atoms with Crippen LogP contribution >= 0.6 is 0 Å². The fourth-order valence-electron chi connectivity index (χ4n) is 3.29. The molecule has 2 aromatic carbocycles. The maximum absolute atomic E-state index is 13.4. The predicted octanol–water partition coefficient (Wildman–Crippen LogP) is 1.21. The van der Waals surface area contributed by atoms with Crippen molar-refractivity contribution < 1.29 is 31.1 Å². The quantitative estimate of drug-likeness (QED) is 0.625. The number of esters is 1. The summed E-state index contributed by atoms with van der Waals surface area (Å²) in [5.74, 6) is -0.378. The number of anilines is 1. The largest absolute Gasteiger partial charge is 0.497 e. The summed E-state index contributed by atoms with van der Waals surface area (Å²) in [6, 6.07) is 10.9. The lowest BCUT2D eigenvalue weighted by Crippen LogP contribution is -2.50. The highest BCUT2D eigenvalue weighted by atomic mass is 32.2. The lowest BCUT2D eigenvalue weighted by molar-refractivity contribution is -0.144. The zero-order valence-electron chi connectivity index (χ0n) is 16.7. The van der Waals surface area contributed by atoms with Gasteiger partial charge in [-0.2, -0.15) is 4.31 Å². The number of hydrogen-bond acceptors (Lipinski definition) is 7. The summed E-state index contributed by atoms with van der Waals surface area (Å²) in [6.07, 6.45) is 1.01. The van der Waals surface area contributed by atoms with Crippen LogP contribution in [0, 0.1) is 0 Å². The molecule has 0 fully saturated rings. The van der Waals surface area contributed by atoms with E-state index in [1.54, 1.807) is 24.3 Å². The van der Waals surface area contributed by atoms with E-state index in [0.29, 0.717) is 17.0 Å². The van der Waals surface area contributed by atoms with E-state index >= 15 is 0 Å². The van der Waals surface area contributed by atoms with Gasteiger partial charge in [-0.05, 0) is 35.9 Å². The van der Waals surface area contributed by atoms with Crippen molar-refractivity contribution in [3.8, 4) is 5.75 Å². The SMILES string of the molecule is COC(=O)C1CN(S(C)(=O)=O)c2ccccc2CN1S(=O)(=O)c1ccc(OC)cc1. The van der Waals surface area contributed by atoms with Gasteiger partial charge in [0.05, 0.1) is 37.6 Å². The van der Waals surface area contributed by atoms with Crippen LogP contribution in [0.3, 0.4) is 0 Å². The van der Waals surface area contributed by atoms with Gasteiger partial charge in [-0.1, -0.05) is 18.2 Å². The Bertz CT molecular complexity index is 1150. The summed E-state index contributed by atoms with van der Waals surface area (Å²) in [6.45, 7) is -0.603. The number of rotatable bonds is 5. The van der Waals surface area contributed by atoms with Gasteiger partial charge in [0.25, 0.3) is 0 Å². The Balaban J connectivity index is 2.17. The number of benzene rings is 2. The number of fused-ring (bicyclic) bond motifs is 1. The van der Waals surface area contributed by atoms with E-state index in [-0.39, 0.29) is 11.4 Å². The van der Waals surface area contributed by atoms with E-state index in [1.807, 2.05) is 0 Å². The van der Waals surface area contributed by atoms with Gasteiger partial charge < -0.3 is 9.47 Å². The molecule has 0 saturated carbocycles. The summed E-state index contributed by atoms with van der Waals surface area (Å²) in [5, 5.41) is 0. The first-order chi connectivity index (χ1) is 14.1. The third-order valence-corrected chi connectivity index (χ3v) is 7.83. The van der Waals surface area contributed by atoms with Crippen molar-refractivity contribution >= 4 is 31.7 Å². The lowest BCUT2D eigenvalue weighted by Gasteiger charge is -2.29. The van der Waals surface area contributed by atoms with Gasteiger partial charge in [-0.15, -0.1) is 0 Å². The molecule has 1 heterocycles. The minimum absolute atomic E-state index is 0.0533. The number of hydrogen-bond donors (Lipinski definition) is 0.